The van der Waals surface area contributed by atoms with Crippen molar-refractivity contribution in [2.24, 2.45) is 5.41 Å². The molecular weight excluding hydrogens is 200 g/mol. The maximum atomic E-state index is 9.75. The predicted molar refractivity (Wildman–Crippen MR) is 64.0 cm³/mol. The summed E-state index contributed by atoms with van der Waals surface area (Å²) in [7, 11) is 0. The molecule has 0 spiro atoms. The van der Waals surface area contributed by atoms with Gasteiger partial charge in [0.2, 0.25) is 0 Å². The second kappa shape index (κ2) is 4.56. The maximum absolute atomic E-state index is 9.75. The van der Waals surface area contributed by atoms with Gasteiger partial charge in [-0.05, 0) is 12.0 Å². The summed E-state index contributed by atoms with van der Waals surface area (Å²) in [5, 5.41) is 9.75. The first-order valence-corrected chi connectivity index (χ1v) is 6.00. The molecule has 0 saturated heterocycles. The number of hydrogen-bond donors (Lipinski definition) is 1. The van der Waals surface area contributed by atoms with Crippen LogP contribution in [0.3, 0.4) is 0 Å². The number of ether oxygens (including phenoxy) is 1. The van der Waals surface area contributed by atoms with Gasteiger partial charge in [-0.1, -0.05) is 44.2 Å². The highest BCUT2D eigenvalue weighted by Crippen LogP contribution is 2.45. The molecule has 3 atom stereocenters. The van der Waals surface area contributed by atoms with E-state index in [1.54, 1.807) is 0 Å². The molecule has 0 bridgehead atoms. The van der Waals surface area contributed by atoms with E-state index in [4.69, 9.17) is 4.74 Å². The maximum Gasteiger partial charge on any atom is 0.0720 e. The molecule has 2 nitrogen and oxygen atoms in total. The van der Waals surface area contributed by atoms with Gasteiger partial charge in [-0.15, -0.1) is 0 Å². The Labute approximate surface area is 97.3 Å². The Morgan fingerprint density at radius 1 is 1.38 bits per heavy atom. The number of hydrogen-bond acceptors (Lipinski definition) is 2. The molecular formula is C14H20O2. The average Bonchev–Trinajstić information content (AvgIpc) is 2.34. The van der Waals surface area contributed by atoms with Crippen LogP contribution in [0, 0.1) is 5.41 Å². The van der Waals surface area contributed by atoms with Crippen molar-refractivity contribution in [3.63, 3.8) is 0 Å². The van der Waals surface area contributed by atoms with Crippen molar-refractivity contribution < 1.29 is 9.84 Å². The minimum atomic E-state index is -0.196. The first kappa shape index (κ1) is 11.6. The third-order valence-corrected chi connectivity index (χ3v) is 3.99. The molecule has 1 aliphatic carbocycles. The average molecular weight is 220 g/mol. The van der Waals surface area contributed by atoms with Crippen molar-refractivity contribution in [2.75, 3.05) is 0 Å². The zero-order valence-corrected chi connectivity index (χ0v) is 10.0. The Kier molecular flexibility index (Phi) is 3.31. The first-order valence-electron chi connectivity index (χ1n) is 6.00. The Morgan fingerprint density at radius 3 is 2.62 bits per heavy atom. The number of rotatable bonds is 4. The van der Waals surface area contributed by atoms with E-state index >= 15 is 0 Å². The summed E-state index contributed by atoms with van der Waals surface area (Å²) in [5.74, 6) is 0. The lowest BCUT2D eigenvalue weighted by atomic mass is 9.63. The summed E-state index contributed by atoms with van der Waals surface area (Å²) in [6.07, 6.45) is 1.75. The van der Waals surface area contributed by atoms with Gasteiger partial charge in [0.25, 0.3) is 0 Å². The van der Waals surface area contributed by atoms with E-state index in [0.717, 1.165) is 12.8 Å². The van der Waals surface area contributed by atoms with Crippen LogP contribution in [-0.4, -0.2) is 17.3 Å². The van der Waals surface area contributed by atoms with E-state index < -0.39 is 0 Å². The Balaban J connectivity index is 1.88. The summed E-state index contributed by atoms with van der Waals surface area (Å²) < 4.78 is 5.88. The molecule has 0 heterocycles. The zero-order chi connectivity index (χ0) is 11.6. The van der Waals surface area contributed by atoms with E-state index in [1.807, 2.05) is 18.2 Å². The van der Waals surface area contributed by atoms with Gasteiger partial charge >= 0.3 is 0 Å². The van der Waals surface area contributed by atoms with Crippen molar-refractivity contribution in [2.45, 2.75) is 45.5 Å². The SMILES string of the molecule is CCC1(C)C(O)CC1OCc1ccccc1. The molecule has 1 saturated carbocycles. The predicted octanol–water partition coefficient (Wildman–Crippen LogP) is 2.75. The van der Waals surface area contributed by atoms with E-state index in [2.05, 4.69) is 26.0 Å². The molecule has 2 heteroatoms. The lowest BCUT2D eigenvalue weighted by Gasteiger charge is -2.50. The second-order valence-electron chi connectivity index (χ2n) is 4.90. The molecule has 1 aromatic carbocycles. The van der Waals surface area contributed by atoms with Gasteiger partial charge in [-0.2, -0.15) is 0 Å². The van der Waals surface area contributed by atoms with Crippen LogP contribution in [0.1, 0.15) is 32.3 Å². The summed E-state index contributed by atoms with van der Waals surface area (Å²) in [6.45, 7) is 4.87. The summed E-state index contributed by atoms with van der Waals surface area (Å²) in [5.41, 5.74) is 1.15. The Morgan fingerprint density at radius 2 is 2.06 bits per heavy atom. The Bertz CT molecular complexity index is 336. The molecule has 0 amide bonds. The van der Waals surface area contributed by atoms with Crippen molar-refractivity contribution in [1.82, 2.24) is 0 Å². The van der Waals surface area contributed by atoms with Crippen molar-refractivity contribution in [1.29, 1.82) is 0 Å². The van der Waals surface area contributed by atoms with Crippen LogP contribution in [-0.2, 0) is 11.3 Å². The third-order valence-electron chi connectivity index (χ3n) is 3.99. The van der Waals surface area contributed by atoms with Gasteiger partial charge in [0, 0.05) is 11.8 Å². The molecule has 0 radical (unpaired) electrons. The van der Waals surface area contributed by atoms with E-state index in [-0.39, 0.29) is 17.6 Å². The summed E-state index contributed by atoms with van der Waals surface area (Å²) in [4.78, 5) is 0. The van der Waals surface area contributed by atoms with E-state index in [1.165, 1.54) is 5.56 Å². The minimum Gasteiger partial charge on any atom is -0.392 e. The minimum absolute atomic E-state index is 0.0468. The molecule has 3 unspecified atom stereocenters. The third kappa shape index (κ3) is 2.00. The van der Waals surface area contributed by atoms with Crippen molar-refractivity contribution in [3.8, 4) is 0 Å². The highest BCUT2D eigenvalue weighted by atomic mass is 16.5. The van der Waals surface area contributed by atoms with E-state index in [0.29, 0.717) is 6.61 Å². The highest BCUT2D eigenvalue weighted by Gasteiger charge is 2.50. The van der Waals surface area contributed by atoms with Crippen LogP contribution >= 0.6 is 0 Å². The zero-order valence-electron chi connectivity index (χ0n) is 10.0. The molecule has 1 aromatic rings. The highest BCUT2D eigenvalue weighted by molar-refractivity contribution is 5.13. The van der Waals surface area contributed by atoms with Gasteiger partial charge in [-0.25, -0.2) is 0 Å². The van der Waals surface area contributed by atoms with E-state index in [9.17, 15) is 5.11 Å². The van der Waals surface area contributed by atoms with Gasteiger partial charge < -0.3 is 9.84 Å². The van der Waals surface area contributed by atoms with Crippen molar-refractivity contribution in [3.05, 3.63) is 35.9 Å². The first-order chi connectivity index (χ1) is 7.66. The fraction of sp³-hybridized carbons (Fsp3) is 0.571. The van der Waals surface area contributed by atoms with Gasteiger partial charge in [0.1, 0.15) is 0 Å². The smallest absolute Gasteiger partial charge is 0.0720 e. The van der Waals surface area contributed by atoms with Crippen LogP contribution < -0.4 is 0 Å². The molecule has 16 heavy (non-hydrogen) atoms. The van der Waals surface area contributed by atoms with Crippen LogP contribution in [0.25, 0.3) is 0 Å². The lowest BCUT2D eigenvalue weighted by Crippen LogP contribution is -2.55. The molecule has 88 valence electrons. The Hall–Kier alpha value is -0.860. The van der Waals surface area contributed by atoms with Crippen LogP contribution in [0.2, 0.25) is 0 Å². The molecule has 0 aliphatic heterocycles. The standard InChI is InChI=1S/C14H20O2/c1-3-14(2)12(15)9-13(14)16-10-11-7-5-4-6-8-11/h4-8,12-13,15H,3,9-10H2,1-2H3. The number of aliphatic hydroxyl groups excluding tert-OH is 1. The topological polar surface area (TPSA) is 29.5 Å². The summed E-state index contributed by atoms with van der Waals surface area (Å²) in [6, 6.07) is 10.2. The molecule has 0 aromatic heterocycles. The van der Waals surface area contributed by atoms with Crippen LogP contribution in [0.4, 0.5) is 0 Å². The fourth-order valence-corrected chi connectivity index (χ4v) is 2.29. The van der Waals surface area contributed by atoms with Crippen molar-refractivity contribution >= 4 is 0 Å². The monoisotopic (exact) mass is 220 g/mol. The quantitative estimate of drug-likeness (QED) is 0.845. The largest absolute Gasteiger partial charge is 0.392 e. The van der Waals surface area contributed by atoms with Gasteiger partial charge in [0.05, 0.1) is 18.8 Å². The normalized spacial score (nSPS) is 33.4. The second-order valence-corrected chi connectivity index (χ2v) is 4.90. The van der Waals surface area contributed by atoms with Crippen LogP contribution in [0.15, 0.2) is 30.3 Å². The molecule has 2 rings (SSSR count). The lowest BCUT2D eigenvalue weighted by molar-refractivity contribution is -0.190. The van der Waals surface area contributed by atoms with Crippen LogP contribution in [0.5, 0.6) is 0 Å². The number of aliphatic hydroxyl groups is 1. The number of benzene rings is 1. The molecule has 1 fully saturated rings. The molecule has 1 N–H and O–H groups in total. The van der Waals surface area contributed by atoms with Gasteiger partial charge in [0.15, 0.2) is 0 Å². The fourth-order valence-electron chi connectivity index (χ4n) is 2.29. The van der Waals surface area contributed by atoms with Gasteiger partial charge in [-0.3, -0.25) is 0 Å². The molecule has 1 aliphatic rings. The summed E-state index contributed by atoms with van der Waals surface area (Å²) >= 11 is 0.